The number of hydrogen-bond acceptors (Lipinski definition) is 12. The van der Waals surface area contributed by atoms with Gasteiger partial charge in [-0.1, -0.05) is 6.07 Å². The molecule has 65 heavy (non-hydrogen) atoms. The van der Waals surface area contributed by atoms with Gasteiger partial charge < -0.3 is 0 Å². The number of hydrogen-bond donors (Lipinski definition) is 0. The van der Waals surface area contributed by atoms with Gasteiger partial charge in [-0.15, -0.1) is 0 Å². The molecule has 332 valence electrons. The number of rotatable bonds is 18. The third-order valence-electron chi connectivity index (χ3n) is 11.9. The van der Waals surface area contributed by atoms with Crippen LogP contribution >= 0.6 is 6.60 Å². The molecule has 16 heteroatoms. The molecule has 1 saturated heterocycles. The van der Waals surface area contributed by atoms with Gasteiger partial charge in [0.2, 0.25) is 0 Å². The quantitative estimate of drug-likeness (QED) is 0.0200. The van der Waals surface area contributed by atoms with Gasteiger partial charge in [-0.3, -0.25) is 10.1 Å². The summed E-state index contributed by atoms with van der Waals surface area (Å²) in [5, 5.41) is 25.2. The molecule has 1 amide bonds. The van der Waals surface area contributed by atoms with Gasteiger partial charge in [0, 0.05) is 0 Å². The molecule has 1 heterocycles. The summed E-state index contributed by atoms with van der Waals surface area (Å²) in [6.45, 7) is -4.36. The summed E-state index contributed by atoms with van der Waals surface area (Å²) in [6.07, 6.45) is -2.97. The number of nitro groups is 2. The number of β-lactam (4-membered cyclic amide) rings is 1. The Morgan fingerprint density at radius 2 is 1.09 bits per heavy atom. The molecular weight excluding hydrogens is 854 g/mol. The molecule has 6 aromatic carbocycles. The summed E-state index contributed by atoms with van der Waals surface area (Å²) in [5.41, 5.74) is -0.647. The second-order valence-corrected chi connectivity index (χ2v) is 20.2. The maximum atomic E-state index is 16.0. The van der Waals surface area contributed by atoms with E-state index >= 15 is 9.59 Å². The van der Waals surface area contributed by atoms with E-state index in [0.29, 0.717) is 27.2 Å². The standard InChI is InChI=1S/C49H44N3O12P/c1-34(64-48(55)62-31-36-16-12-14-24-42(36)51(57)58)46-44(30-45(53)35-26-28-38(61-2)29-27-35)50(47(46)54)33-65(39-18-6-3-7-19-39,40-20-8-4-9-21-40,41-22-10-5-11-23-41)49(56)63-32-37-17-13-15-25-43(37)52(59)60/h3-29,34,44,46H,30-33H2,1-2H3/t34-,44?,46?/m0/s1. The summed E-state index contributed by atoms with van der Waals surface area (Å²) in [4.78, 5) is 82.5. The minimum absolute atomic E-state index is 0.124. The van der Waals surface area contributed by atoms with Gasteiger partial charge in [0.25, 0.3) is 0 Å². The molecular formula is C49H44N3O12P. The molecule has 15 nitrogen and oxygen atoms in total. The third-order valence-corrected chi connectivity index (χ3v) is 18.0. The van der Waals surface area contributed by atoms with Gasteiger partial charge in [0.05, 0.1) is 0 Å². The summed E-state index contributed by atoms with van der Waals surface area (Å²) in [6, 6.07) is 43.9. The van der Waals surface area contributed by atoms with E-state index in [1.165, 1.54) is 55.3 Å². The number of amides is 1. The minimum atomic E-state index is -4.89. The summed E-state index contributed by atoms with van der Waals surface area (Å²) < 4.78 is 22.6. The number of nitro benzene ring substituents is 2. The zero-order valence-corrected chi connectivity index (χ0v) is 36.2. The van der Waals surface area contributed by atoms with Crippen LogP contribution in [0.5, 0.6) is 5.75 Å². The first-order valence-electron chi connectivity index (χ1n) is 20.5. The topological polar surface area (TPSA) is 195 Å². The first-order chi connectivity index (χ1) is 31.4. The molecule has 1 fully saturated rings. The van der Waals surface area contributed by atoms with Crippen LogP contribution in [0.2, 0.25) is 0 Å². The Bertz CT molecular complexity index is 2620. The Labute approximate surface area is 373 Å². The molecule has 0 aromatic heterocycles. The van der Waals surface area contributed by atoms with Gasteiger partial charge in [-0.05, 0) is 0 Å². The number of carbonyl (C=O) groups is 4. The number of methoxy groups -OCH3 is 1. The number of nitrogens with zero attached hydrogens (tertiary/aromatic N) is 3. The van der Waals surface area contributed by atoms with E-state index in [-0.39, 0.29) is 41.0 Å². The van der Waals surface area contributed by atoms with Crippen molar-refractivity contribution in [1.82, 2.24) is 4.90 Å². The van der Waals surface area contributed by atoms with E-state index in [9.17, 15) is 29.8 Å². The second-order valence-electron chi connectivity index (χ2n) is 15.4. The van der Waals surface area contributed by atoms with Crippen LogP contribution in [-0.4, -0.2) is 63.8 Å². The molecule has 2 unspecified atom stereocenters. The van der Waals surface area contributed by atoms with E-state index < -0.39 is 65.5 Å². The average molecular weight is 898 g/mol. The molecule has 3 atom stereocenters. The van der Waals surface area contributed by atoms with Crippen LogP contribution in [0.1, 0.15) is 34.8 Å². The van der Waals surface area contributed by atoms with Gasteiger partial charge in [-0.2, -0.15) is 0 Å². The number of para-hydroxylation sites is 2. The van der Waals surface area contributed by atoms with Crippen molar-refractivity contribution in [2.75, 3.05) is 13.4 Å². The summed E-state index contributed by atoms with van der Waals surface area (Å²) in [7, 11) is 1.50. The molecule has 1 aliphatic heterocycles. The molecule has 0 aliphatic carbocycles. The van der Waals surface area contributed by atoms with Crippen molar-refractivity contribution in [2.45, 2.75) is 38.7 Å². The van der Waals surface area contributed by atoms with E-state index in [1.807, 2.05) is 0 Å². The summed E-state index contributed by atoms with van der Waals surface area (Å²) >= 11 is 0. The van der Waals surface area contributed by atoms with Crippen molar-refractivity contribution in [2.24, 2.45) is 5.92 Å². The number of ketones is 1. The maximum absolute atomic E-state index is 16.0. The van der Waals surface area contributed by atoms with E-state index in [4.69, 9.17) is 18.9 Å². The van der Waals surface area contributed by atoms with Crippen molar-refractivity contribution in [3.05, 3.63) is 201 Å². The van der Waals surface area contributed by atoms with Crippen molar-refractivity contribution in [1.29, 1.82) is 0 Å². The van der Waals surface area contributed by atoms with Crippen molar-refractivity contribution < 1.29 is 48.0 Å². The van der Waals surface area contributed by atoms with Crippen LogP contribution in [0.3, 0.4) is 0 Å². The first-order valence-corrected chi connectivity index (χ1v) is 22.9. The van der Waals surface area contributed by atoms with Crippen LogP contribution in [0.15, 0.2) is 164 Å². The molecule has 0 spiro atoms. The molecule has 1 aliphatic rings. The van der Waals surface area contributed by atoms with E-state index in [0.717, 1.165) is 0 Å². The number of benzene rings is 6. The Kier molecular flexibility index (Phi) is 13.5. The normalized spacial score (nSPS) is 15.6. The SMILES string of the molecule is COc1ccc(C(=O)CC2C([C@H](C)OC(=O)OCc3ccccc3[N+](=O)[O-])C(=O)N2CP(C(=O)OCc2ccccc2[N+](=O)[O-])(c2ccccc2)(c2ccccc2)c2ccccc2)cc1. The fourth-order valence-electron chi connectivity index (χ4n) is 8.58. The monoisotopic (exact) mass is 897 g/mol. The predicted octanol–water partition coefficient (Wildman–Crippen LogP) is 8.48. The Morgan fingerprint density at radius 3 is 1.55 bits per heavy atom. The molecule has 6 aromatic rings. The van der Waals surface area contributed by atoms with Crippen LogP contribution in [0, 0.1) is 26.1 Å². The van der Waals surface area contributed by atoms with Crippen molar-refractivity contribution in [3.8, 4) is 5.75 Å². The molecule has 0 radical (unpaired) electrons. The third kappa shape index (κ3) is 8.65. The molecule has 0 N–H and O–H groups in total. The van der Waals surface area contributed by atoms with Crippen LogP contribution in [0.4, 0.5) is 21.0 Å². The number of Topliss-reactive ketones (excluding diaryl/α,β-unsaturated/α-hetero) is 1. The van der Waals surface area contributed by atoms with Gasteiger partial charge in [0.1, 0.15) is 0 Å². The molecule has 0 bridgehead atoms. The van der Waals surface area contributed by atoms with Crippen LogP contribution in [-0.2, 0) is 32.2 Å². The average Bonchev–Trinajstić information content (AvgIpc) is 3.34. The van der Waals surface area contributed by atoms with Crippen molar-refractivity contribution in [3.63, 3.8) is 0 Å². The fraction of sp³-hybridized carbons (Fsp3) is 0.184. The van der Waals surface area contributed by atoms with Crippen molar-refractivity contribution >= 4 is 57.4 Å². The van der Waals surface area contributed by atoms with Gasteiger partial charge in [-0.25, -0.2) is 0 Å². The number of carbonyl (C=O) groups excluding carboxylic acids is 4. The number of likely N-dealkylation sites (tertiary alicyclic amines) is 1. The molecule has 7 rings (SSSR count). The zero-order valence-electron chi connectivity index (χ0n) is 35.3. The van der Waals surface area contributed by atoms with E-state index in [2.05, 4.69) is 0 Å². The predicted molar refractivity (Wildman–Crippen MR) is 243 cm³/mol. The zero-order chi connectivity index (χ0) is 46.2. The van der Waals surface area contributed by atoms with Gasteiger partial charge in [0.15, 0.2) is 0 Å². The molecule has 0 saturated carbocycles. The second kappa shape index (κ2) is 19.3. The van der Waals surface area contributed by atoms with Gasteiger partial charge >= 0.3 is 359 Å². The first kappa shape index (κ1) is 45.3. The van der Waals surface area contributed by atoms with Crippen LogP contribution < -0.4 is 20.7 Å². The fourth-order valence-corrected chi connectivity index (χ4v) is 14.5. The van der Waals surface area contributed by atoms with E-state index in [1.54, 1.807) is 127 Å². The Morgan fingerprint density at radius 1 is 0.646 bits per heavy atom. The Balaban J connectivity index is 1.34. The Hall–Kier alpha value is -7.77. The summed E-state index contributed by atoms with van der Waals surface area (Å²) in [5.74, 6) is -1.50. The number of ether oxygens (including phenoxy) is 4. The van der Waals surface area contributed by atoms with Crippen LogP contribution in [0.25, 0.3) is 0 Å².